The van der Waals surface area contributed by atoms with Crippen LogP contribution < -0.4 is 5.32 Å². The summed E-state index contributed by atoms with van der Waals surface area (Å²) in [5.74, 6) is -1.48. The average Bonchev–Trinajstić information content (AvgIpc) is 2.86. The Morgan fingerprint density at radius 3 is 2.36 bits per heavy atom. The van der Waals surface area contributed by atoms with Gasteiger partial charge in [-0.1, -0.05) is 54.6 Å². The molecular formula is C26H19N3O4. The van der Waals surface area contributed by atoms with Crippen LogP contribution in [0.25, 0.3) is 17.1 Å². The number of benzene rings is 3. The molecule has 1 heterocycles. The zero-order valence-electron chi connectivity index (χ0n) is 17.5. The predicted octanol–water partition coefficient (Wildman–Crippen LogP) is 4.06. The lowest BCUT2D eigenvalue weighted by atomic mass is 10.0. The zero-order chi connectivity index (χ0) is 23.0. The van der Waals surface area contributed by atoms with E-state index in [4.69, 9.17) is 4.74 Å². The van der Waals surface area contributed by atoms with Crippen molar-refractivity contribution in [1.82, 2.24) is 9.97 Å². The number of carbonyl (C=O) groups is 3. The molecule has 7 heteroatoms. The molecule has 0 unspecified atom stereocenters. The number of hydrogen-bond donors (Lipinski definition) is 1. The number of para-hydroxylation sites is 3. The van der Waals surface area contributed by atoms with Crippen LogP contribution in [-0.2, 0) is 14.3 Å². The van der Waals surface area contributed by atoms with Crippen LogP contribution in [0, 0.1) is 0 Å². The molecule has 1 amide bonds. The van der Waals surface area contributed by atoms with Gasteiger partial charge in [-0.3, -0.25) is 14.6 Å². The van der Waals surface area contributed by atoms with Crippen molar-refractivity contribution >= 4 is 40.5 Å². The number of carbonyl (C=O) groups excluding carboxylic acids is 3. The Bertz CT molecular complexity index is 1350. The smallest absolute Gasteiger partial charge is 0.331 e. The Labute approximate surface area is 189 Å². The first-order valence-electron chi connectivity index (χ1n) is 10.2. The number of rotatable bonds is 7. The number of anilines is 1. The maximum atomic E-state index is 12.8. The van der Waals surface area contributed by atoms with E-state index in [-0.39, 0.29) is 5.78 Å². The minimum absolute atomic E-state index is 0.220. The minimum Gasteiger partial charge on any atom is -0.452 e. The Hall–Kier alpha value is -4.65. The Balaban J connectivity index is 1.35. The van der Waals surface area contributed by atoms with Crippen molar-refractivity contribution in [2.45, 2.75) is 0 Å². The van der Waals surface area contributed by atoms with E-state index >= 15 is 0 Å². The van der Waals surface area contributed by atoms with E-state index in [1.165, 1.54) is 12.2 Å². The van der Waals surface area contributed by atoms with Crippen LogP contribution >= 0.6 is 0 Å². The molecule has 0 saturated heterocycles. The van der Waals surface area contributed by atoms with Crippen LogP contribution in [0.2, 0.25) is 0 Å². The summed E-state index contributed by atoms with van der Waals surface area (Å²) < 4.78 is 5.00. The topological polar surface area (TPSA) is 98.2 Å². The first-order chi connectivity index (χ1) is 16.1. The van der Waals surface area contributed by atoms with E-state index in [2.05, 4.69) is 15.3 Å². The molecule has 0 bridgehead atoms. The third kappa shape index (κ3) is 5.54. The number of ether oxygens (including phenoxy) is 1. The average molecular weight is 437 g/mol. The molecule has 162 valence electrons. The Morgan fingerprint density at radius 1 is 0.848 bits per heavy atom. The second-order valence-electron chi connectivity index (χ2n) is 7.01. The first kappa shape index (κ1) is 21.6. The minimum atomic E-state index is -0.700. The highest BCUT2D eigenvalue weighted by atomic mass is 16.5. The van der Waals surface area contributed by atoms with E-state index in [0.717, 1.165) is 5.52 Å². The normalized spacial score (nSPS) is 10.8. The Kier molecular flexibility index (Phi) is 6.61. The van der Waals surface area contributed by atoms with Crippen LogP contribution in [0.5, 0.6) is 0 Å². The molecule has 4 aromatic rings. The van der Waals surface area contributed by atoms with Crippen molar-refractivity contribution in [3.63, 3.8) is 0 Å². The van der Waals surface area contributed by atoms with Gasteiger partial charge in [0.05, 0.1) is 28.6 Å². The summed E-state index contributed by atoms with van der Waals surface area (Å²) in [5, 5.41) is 2.63. The fourth-order valence-corrected chi connectivity index (χ4v) is 3.11. The number of aromatic nitrogens is 2. The molecule has 0 spiro atoms. The van der Waals surface area contributed by atoms with Gasteiger partial charge in [0.2, 0.25) is 0 Å². The SMILES string of the molecule is O=C(COC(=O)/C=C/c1cnc2ccccc2n1)Nc1ccccc1C(=O)c1ccccc1. The highest BCUT2D eigenvalue weighted by Crippen LogP contribution is 2.19. The maximum absolute atomic E-state index is 12.8. The molecular weight excluding hydrogens is 418 g/mol. The third-order valence-corrected chi connectivity index (χ3v) is 4.68. The van der Waals surface area contributed by atoms with Gasteiger partial charge in [-0.15, -0.1) is 0 Å². The lowest BCUT2D eigenvalue weighted by Crippen LogP contribution is -2.21. The number of hydrogen-bond acceptors (Lipinski definition) is 6. The fraction of sp³-hybridized carbons (Fsp3) is 0.0385. The summed E-state index contributed by atoms with van der Waals surface area (Å²) in [6, 6.07) is 22.8. The number of nitrogens with zero attached hydrogens (tertiary/aromatic N) is 2. The summed E-state index contributed by atoms with van der Waals surface area (Å²) in [7, 11) is 0. The van der Waals surface area contributed by atoms with Crippen molar-refractivity contribution in [2.75, 3.05) is 11.9 Å². The highest BCUT2D eigenvalue weighted by molar-refractivity contribution is 6.13. The predicted molar refractivity (Wildman–Crippen MR) is 124 cm³/mol. The largest absolute Gasteiger partial charge is 0.452 e. The summed E-state index contributed by atoms with van der Waals surface area (Å²) in [6.45, 7) is -0.500. The molecule has 0 fully saturated rings. The summed E-state index contributed by atoms with van der Waals surface area (Å²) >= 11 is 0. The zero-order valence-corrected chi connectivity index (χ0v) is 17.5. The molecule has 0 atom stereocenters. The lowest BCUT2D eigenvalue weighted by molar-refractivity contribution is -0.142. The third-order valence-electron chi connectivity index (χ3n) is 4.68. The van der Waals surface area contributed by atoms with Crippen molar-refractivity contribution in [1.29, 1.82) is 0 Å². The highest BCUT2D eigenvalue weighted by Gasteiger charge is 2.15. The second kappa shape index (κ2) is 10.1. The van der Waals surface area contributed by atoms with Crippen LogP contribution in [0.3, 0.4) is 0 Å². The van der Waals surface area contributed by atoms with E-state index < -0.39 is 18.5 Å². The molecule has 0 aliphatic rings. The quantitative estimate of drug-likeness (QED) is 0.266. The standard InChI is InChI=1S/C26H19N3O4/c30-24(29-21-11-5-4-10-20(21)26(32)18-8-2-1-3-9-18)17-33-25(31)15-14-19-16-27-22-12-6-7-13-23(22)28-19/h1-16H,17H2,(H,29,30)/b15-14+. The van der Waals surface area contributed by atoms with Crippen molar-refractivity contribution < 1.29 is 19.1 Å². The maximum Gasteiger partial charge on any atom is 0.331 e. The number of esters is 1. The van der Waals surface area contributed by atoms with E-state index in [0.29, 0.717) is 28.0 Å². The van der Waals surface area contributed by atoms with Gasteiger partial charge in [0.15, 0.2) is 12.4 Å². The monoisotopic (exact) mass is 437 g/mol. The molecule has 33 heavy (non-hydrogen) atoms. The van der Waals surface area contributed by atoms with Crippen LogP contribution in [0.4, 0.5) is 5.69 Å². The van der Waals surface area contributed by atoms with E-state index in [9.17, 15) is 14.4 Å². The molecule has 1 N–H and O–H groups in total. The molecule has 0 radical (unpaired) electrons. The Morgan fingerprint density at radius 2 is 1.55 bits per heavy atom. The van der Waals surface area contributed by atoms with Gasteiger partial charge in [0.25, 0.3) is 5.91 Å². The van der Waals surface area contributed by atoms with Crippen molar-refractivity contribution in [3.8, 4) is 0 Å². The van der Waals surface area contributed by atoms with Crippen LogP contribution in [-0.4, -0.2) is 34.2 Å². The molecule has 4 rings (SSSR count). The van der Waals surface area contributed by atoms with Gasteiger partial charge < -0.3 is 10.1 Å². The van der Waals surface area contributed by atoms with E-state index in [1.54, 1.807) is 54.7 Å². The van der Waals surface area contributed by atoms with Gasteiger partial charge >= 0.3 is 5.97 Å². The molecule has 0 aliphatic heterocycles. The molecule has 0 aliphatic carbocycles. The van der Waals surface area contributed by atoms with Crippen LogP contribution in [0.1, 0.15) is 21.6 Å². The number of ketones is 1. The van der Waals surface area contributed by atoms with Gasteiger partial charge in [-0.25, -0.2) is 9.78 Å². The molecule has 7 nitrogen and oxygen atoms in total. The summed E-state index contributed by atoms with van der Waals surface area (Å²) in [4.78, 5) is 45.7. The van der Waals surface area contributed by atoms with Crippen LogP contribution in [0.15, 0.2) is 91.1 Å². The van der Waals surface area contributed by atoms with E-state index in [1.807, 2.05) is 30.3 Å². The van der Waals surface area contributed by atoms with Crippen molar-refractivity contribution in [2.24, 2.45) is 0 Å². The number of amides is 1. The fourth-order valence-electron chi connectivity index (χ4n) is 3.11. The van der Waals surface area contributed by atoms with Gasteiger partial charge in [0, 0.05) is 17.2 Å². The lowest BCUT2D eigenvalue weighted by Gasteiger charge is -2.10. The summed E-state index contributed by atoms with van der Waals surface area (Å²) in [6.07, 6.45) is 4.19. The number of fused-ring (bicyclic) bond motifs is 1. The summed E-state index contributed by atoms with van der Waals surface area (Å²) in [5.41, 5.74) is 3.14. The molecule has 3 aromatic carbocycles. The van der Waals surface area contributed by atoms with Gasteiger partial charge in [0.1, 0.15) is 0 Å². The van der Waals surface area contributed by atoms with Gasteiger partial charge in [-0.05, 0) is 30.3 Å². The number of nitrogens with one attached hydrogen (secondary N) is 1. The van der Waals surface area contributed by atoms with Crippen molar-refractivity contribution in [3.05, 3.63) is 108 Å². The van der Waals surface area contributed by atoms with Gasteiger partial charge in [-0.2, -0.15) is 0 Å². The first-order valence-corrected chi connectivity index (χ1v) is 10.2. The molecule has 1 aromatic heterocycles. The second-order valence-corrected chi connectivity index (χ2v) is 7.01. The molecule has 0 saturated carbocycles.